The lowest BCUT2D eigenvalue weighted by molar-refractivity contribution is 0.0148. The molecule has 0 amide bonds. The molecule has 4 heteroatoms. The minimum Gasteiger partial charge on any atom is -0.395 e. The predicted molar refractivity (Wildman–Crippen MR) is 65.8 cm³/mol. The lowest BCUT2D eigenvalue weighted by Crippen LogP contribution is -2.40. The van der Waals surface area contributed by atoms with E-state index in [-0.39, 0.29) is 19.8 Å². The predicted octanol–water partition coefficient (Wildman–Crippen LogP) is 1.47. The molecule has 0 atom stereocenters. The highest BCUT2D eigenvalue weighted by molar-refractivity contribution is 5.27. The number of benzene rings is 1. The third-order valence-electron chi connectivity index (χ3n) is 3.48. The molecule has 0 bridgehead atoms. The maximum absolute atomic E-state index is 13.8. The summed E-state index contributed by atoms with van der Waals surface area (Å²) in [6.45, 7) is 0.0812. The Labute approximate surface area is 106 Å². The largest absolute Gasteiger partial charge is 0.395 e. The van der Waals surface area contributed by atoms with Gasteiger partial charge in [0, 0.05) is 12.2 Å². The summed E-state index contributed by atoms with van der Waals surface area (Å²) in [5, 5.41) is 19.1. The van der Waals surface area contributed by atoms with Crippen LogP contribution in [0, 0.1) is 11.7 Å². The number of hydrogen-bond acceptors (Lipinski definition) is 3. The van der Waals surface area contributed by atoms with Crippen LogP contribution in [0.1, 0.15) is 18.4 Å². The van der Waals surface area contributed by atoms with E-state index in [1.165, 1.54) is 18.9 Å². The van der Waals surface area contributed by atoms with Crippen LogP contribution in [-0.2, 0) is 10.2 Å². The minimum atomic E-state index is -1.06. The lowest BCUT2D eigenvalue weighted by Gasteiger charge is -2.30. The quantitative estimate of drug-likeness (QED) is 0.775. The van der Waals surface area contributed by atoms with E-state index in [4.69, 9.17) is 4.74 Å². The van der Waals surface area contributed by atoms with E-state index in [2.05, 4.69) is 0 Å². The van der Waals surface area contributed by atoms with E-state index in [1.807, 2.05) is 0 Å². The van der Waals surface area contributed by atoms with Crippen LogP contribution in [0.5, 0.6) is 0 Å². The van der Waals surface area contributed by atoms with Crippen molar-refractivity contribution >= 4 is 0 Å². The number of ether oxygens (including phenoxy) is 1. The molecule has 0 aromatic heterocycles. The summed E-state index contributed by atoms with van der Waals surface area (Å²) in [5.74, 6) is 0.177. The summed E-state index contributed by atoms with van der Waals surface area (Å²) in [6, 6.07) is 6.20. The minimum absolute atomic E-state index is 0.136. The molecule has 1 fully saturated rings. The molecular weight excluding hydrogens is 235 g/mol. The summed E-state index contributed by atoms with van der Waals surface area (Å²) in [7, 11) is 0. The zero-order valence-electron chi connectivity index (χ0n) is 10.3. The Kier molecular flexibility index (Phi) is 4.32. The van der Waals surface area contributed by atoms with Crippen LogP contribution in [0.25, 0.3) is 0 Å². The van der Waals surface area contributed by atoms with Gasteiger partial charge in [0.15, 0.2) is 0 Å². The van der Waals surface area contributed by atoms with Gasteiger partial charge in [-0.1, -0.05) is 18.2 Å². The number of aliphatic hydroxyl groups is 2. The second kappa shape index (κ2) is 5.78. The smallest absolute Gasteiger partial charge is 0.127 e. The van der Waals surface area contributed by atoms with Crippen LogP contribution in [0.15, 0.2) is 24.3 Å². The second-order valence-electron chi connectivity index (χ2n) is 5.03. The van der Waals surface area contributed by atoms with E-state index >= 15 is 0 Å². The molecule has 0 aliphatic heterocycles. The molecular formula is C14H19FO3. The topological polar surface area (TPSA) is 49.7 Å². The molecule has 0 radical (unpaired) electrons. The molecule has 2 N–H and O–H groups in total. The molecule has 1 aliphatic carbocycles. The van der Waals surface area contributed by atoms with Crippen LogP contribution < -0.4 is 0 Å². The molecule has 0 saturated heterocycles. The molecule has 0 spiro atoms. The van der Waals surface area contributed by atoms with E-state index < -0.39 is 11.2 Å². The molecule has 1 aliphatic rings. The molecule has 3 nitrogen and oxygen atoms in total. The zero-order chi connectivity index (χ0) is 13.0. The van der Waals surface area contributed by atoms with E-state index in [9.17, 15) is 14.6 Å². The van der Waals surface area contributed by atoms with Crippen molar-refractivity contribution in [2.45, 2.75) is 18.3 Å². The molecule has 100 valence electrons. The maximum atomic E-state index is 13.8. The Hall–Kier alpha value is -0.970. The number of aliphatic hydroxyl groups excluding tert-OH is 2. The van der Waals surface area contributed by atoms with E-state index in [0.29, 0.717) is 18.1 Å². The van der Waals surface area contributed by atoms with Crippen molar-refractivity contribution in [3.8, 4) is 0 Å². The monoisotopic (exact) mass is 254 g/mol. The van der Waals surface area contributed by atoms with Crippen LogP contribution in [0.3, 0.4) is 0 Å². The van der Waals surface area contributed by atoms with Gasteiger partial charge in [0.2, 0.25) is 0 Å². The van der Waals surface area contributed by atoms with Crippen LogP contribution >= 0.6 is 0 Å². The fourth-order valence-electron chi connectivity index (χ4n) is 1.99. The molecule has 0 unspecified atom stereocenters. The Morgan fingerprint density at radius 2 is 1.89 bits per heavy atom. The molecule has 0 heterocycles. The van der Waals surface area contributed by atoms with Crippen molar-refractivity contribution in [1.29, 1.82) is 0 Å². The molecule has 1 saturated carbocycles. The highest BCUT2D eigenvalue weighted by Crippen LogP contribution is 2.31. The zero-order valence-corrected chi connectivity index (χ0v) is 10.3. The second-order valence-corrected chi connectivity index (χ2v) is 5.03. The summed E-state index contributed by atoms with van der Waals surface area (Å²) in [4.78, 5) is 0. The SMILES string of the molecule is OCC(CO)(COCC1CC1)c1ccccc1F. The molecule has 1 aromatic carbocycles. The van der Waals surface area contributed by atoms with E-state index in [0.717, 1.165) is 0 Å². The first kappa shape index (κ1) is 13.5. The Bertz CT molecular complexity index is 386. The van der Waals surface area contributed by atoms with Gasteiger partial charge in [-0.2, -0.15) is 0 Å². The van der Waals surface area contributed by atoms with Crippen molar-refractivity contribution in [2.75, 3.05) is 26.4 Å². The number of halogens is 1. The van der Waals surface area contributed by atoms with E-state index in [1.54, 1.807) is 18.2 Å². The van der Waals surface area contributed by atoms with Crippen LogP contribution in [0.2, 0.25) is 0 Å². The summed E-state index contributed by atoms with van der Waals surface area (Å²) in [6.07, 6.45) is 2.34. The normalized spacial score (nSPS) is 15.9. The van der Waals surface area contributed by atoms with Crippen molar-refractivity contribution < 1.29 is 19.3 Å². The number of hydrogen-bond donors (Lipinski definition) is 2. The third-order valence-corrected chi connectivity index (χ3v) is 3.48. The Morgan fingerprint density at radius 1 is 1.22 bits per heavy atom. The average molecular weight is 254 g/mol. The standard InChI is InChI=1S/C14H19FO3/c15-13-4-2-1-3-12(13)14(8-16,9-17)10-18-7-11-5-6-11/h1-4,11,16-17H,5-10H2. The summed E-state index contributed by atoms with van der Waals surface area (Å²) in [5.41, 5.74) is -0.744. The van der Waals surface area contributed by atoms with Crippen molar-refractivity contribution in [1.82, 2.24) is 0 Å². The summed E-state index contributed by atoms with van der Waals surface area (Å²) < 4.78 is 19.3. The van der Waals surface area contributed by atoms with Gasteiger partial charge in [-0.15, -0.1) is 0 Å². The van der Waals surface area contributed by atoms with Gasteiger partial charge >= 0.3 is 0 Å². The first-order valence-electron chi connectivity index (χ1n) is 6.26. The maximum Gasteiger partial charge on any atom is 0.127 e. The average Bonchev–Trinajstić information content (AvgIpc) is 3.20. The first-order valence-corrected chi connectivity index (χ1v) is 6.26. The lowest BCUT2D eigenvalue weighted by atomic mass is 9.82. The van der Waals surface area contributed by atoms with Gasteiger partial charge in [-0.05, 0) is 24.8 Å². The molecule has 18 heavy (non-hydrogen) atoms. The van der Waals surface area contributed by atoms with Gasteiger partial charge in [-0.3, -0.25) is 0 Å². The number of rotatable bonds is 7. The van der Waals surface area contributed by atoms with Crippen molar-refractivity contribution in [3.05, 3.63) is 35.6 Å². The van der Waals surface area contributed by atoms with Gasteiger partial charge in [0.05, 0.1) is 25.2 Å². The Morgan fingerprint density at radius 3 is 2.44 bits per heavy atom. The van der Waals surface area contributed by atoms with Crippen molar-refractivity contribution in [3.63, 3.8) is 0 Å². The van der Waals surface area contributed by atoms with Gasteiger partial charge in [0.25, 0.3) is 0 Å². The van der Waals surface area contributed by atoms with Crippen molar-refractivity contribution in [2.24, 2.45) is 5.92 Å². The fourth-order valence-corrected chi connectivity index (χ4v) is 1.99. The van der Waals surface area contributed by atoms with Gasteiger partial charge in [0.1, 0.15) is 5.82 Å². The molecule has 1 aromatic rings. The van der Waals surface area contributed by atoms with Gasteiger partial charge < -0.3 is 14.9 Å². The van der Waals surface area contributed by atoms with Crippen LogP contribution in [-0.4, -0.2) is 36.6 Å². The third kappa shape index (κ3) is 2.88. The fraction of sp³-hybridized carbons (Fsp3) is 0.571. The summed E-state index contributed by atoms with van der Waals surface area (Å²) >= 11 is 0. The highest BCUT2D eigenvalue weighted by atomic mass is 19.1. The first-order chi connectivity index (χ1) is 8.72. The Balaban J connectivity index is 2.11. The van der Waals surface area contributed by atoms with Gasteiger partial charge in [-0.25, -0.2) is 4.39 Å². The highest BCUT2D eigenvalue weighted by Gasteiger charge is 2.34. The van der Waals surface area contributed by atoms with Crippen LogP contribution in [0.4, 0.5) is 4.39 Å². The molecule has 2 rings (SSSR count).